The van der Waals surface area contributed by atoms with Crippen LogP contribution in [0.2, 0.25) is 0 Å². The van der Waals surface area contributed by atoms with E-state index in [1.807, 2.05) is 0 Å². The molecule has 0 radical (unpaired) electrons. The van der Waals surface area contributed by atoms with E-state index in [4.69, 9.17) is 9.84 Å². The summed E-state index contributed by atoms with van der Waals surface area (Å²) in [7, 11) is 0. The van der Waals surface area contributed by atoms with Gasteiger partial charge in [0.15, 0.2) is 0 Å². The normalized spacial score (nSPS) is 28.1. The second-order valence-electron chi connectivity index (χ2n) is 4.93. The lowest BCUT2D eigenvalue weighted by atomic mass is 10.0. The van der Waals surface area contributed by atoms with Gasteiger partial charge < -0.3 is 9.84 Å². The van der Waals surface area contributed by atoms with Crippen molar-refractivity contribution in [3.05, 3.63) is 0 Å². The van der Waals surface area contributed by atoms with E-state index in [0.29, 0.717) is 6.04 Å². The minimum absolute atomic E-state index is 0.189. The predicted octanol–water partition coefficient (Wildman–Crippen LogP) is 0.258. The number of carbonyl (C=O) groups is 1. The number of morpholine rings is 1. The van der Waals surface area contributed by atoms with E-state index in [1.165, 1.54) is 6.42 Å². The number of rotatable bonds is 4. The maximum atomic E-state index is 10.8. The summed E-state index contributed by atoms with van der Waals surface area (Å²) in [4.78, 5) is 15.4. The van der Waals surface area contributed by atoms with Crippen LogP contribution in [0.5, 0.6) is 0 Å². The van der Waals surface area contributed by atoms with Crippen molar-refractivity contribution in [3.63, 3.8) is 0 Å². The molecule has 2 rings (SSSR count). The number of hydrogen-bond donors (Lipinski definition) is 1. The summed E-state index contributed by atoms with van der Waals surface area (Å²) >= 11 is 0. The van der Waals surface area contributed by atoms with Crippen LogP contribution in [0.3, 0.4) is 0 Å². The molecule has 0 saturated carbocycles. The van der Waals surface area contributed by atoms with Crippen LogP contribution in [0.1, 0.15) is 19.3 Å². The monoisotopic (exact) mass is 242 g/mol. The molecule has 2 heterocycles. The zero-order chi connectivity index (χ0) is 12.1. The predicted molar refractivity (Wildman–Crippen MR) is 64.1 cm³/mol. The van der Waals surface area contributed by atoms with Crippen LogP contribution in [0.15, 0.2) is 0 Å². The quantitative estimate of drug-likeness (QED) is 0.766. The summed E-state index contributed by atoms with van der Waals surface area (Å²) in [5.74, 6) is -0.709. The van der Waals surface area contributed by atoms with E-state index >= 15 is 0 Å². The second-order valence-corrected chi connectivity index (χ2v) is 4.93. The highest BCUT2D eigenvalue weighted by Gasteiger charge is 2.26. The number of piperidine rings is 1. The third kappa shape index (κ3) is 3.94. The first-order chi connectivity index (χ1) is 8.25. The molecule has 2 aliphatic heterocycles. The number of likely N-dealkylation sites (tertiary alicyclic amines) is 1. The molecule has 0 aromatic carbocycles. The van der Waals surface area contributed by atoms with Crippen LogP contribution < -0.4 is 0 Å². The van der Waals surface area contributed by atoms with E-state index in [9.17, 15) is 4.79 Å². The van der Waals surface area contributed by atoms with Gasteiger partial charge >= 0.3 is 5.97 Å². The molecule has 1 atom stereocenters. The Morgan fingerprint density at radius 1 is 1.24 bits per heavy atom. The standard InChI is InChI=1S/C12H22N2O3/c15-12(16)10-14-4-2-1-3-11(14)9-13-5-7-17-8-6-13/h11H,1-10H2,(H,15,16). The van der Waals surface area contributed by atoms with Crippen molar-refractivity contribution in [2.24, 2.45) is 0 Å². The summed E-state index contributed by atoms with van der Waals surface area (Å²) in [5.41, 5.74) is 0. The lowest BCUT2D eigenvalue weighted by molar-refractivity contribution is -0.139. The first kappa shape index (κ1) is 12.8. The van der Waals surface area contributed by atoms with Gasteiger partial charge in [-0.1, -0.05) is 6.42 Å². The molecule has 0 amide bonds. The fraction of sp³-hybridized carbons (Fsp3) is 0.917. The zero-order valence-electron chi connectivity index (χ0n) is 10.3. The average Bonchev–Trinajstić information content (AvgIpc) is 2.32. The summed E-state index contributed by atoms with van der Waals surface area (Å²) in [6, 6.07) is 0.415. The van der Waals surface area contributed by atoms with Crippen LogP contribution in [-0.4, -0.2) is 72.9 Å². The molecule has 17 heavy (non-hydrogen) atoms. The zero-order valence-corrected chi connectivity index (χ0v) is 10.3. The molecular formula is C12H22N2O3. The first-order valence-electron chi connectivity index (χ1n) is 6.51. The van der Waals surface area contributed by atoms with Gasteiger partial charge in [-0.3, -0.25) is 14.6 Å². The average molecular weight is 242 g/mol. The van der Waals surface area contributed by atoms with E-state index in [-0.39, 0.29) is 6.54 Å². The Morgan fingerprint density at radius 3 is 2.71 bits per heavy atom. The molecule has 5 nitrogen and oxygen atoms in total. The largest absolute Gasteiger partial charge is 0.480 e. The second kappa shape index (κ2) is 6.33. The maximum Gasteiger partial charge on any atom is 0.317 e. The number of nitrogens with zero attached hydrogens (tertiary/aromatic N) is 2. The van der Waals surface area contributed by atoms with Crippen molar-refractivity contribution in [2.75, 3.05) is 45.9 Å². The van der Waals surface area contributed by atoms with Crippen molar-refractivity contribution in [3.8, 4) is 0 Å². The summed E-state index contributed by atoms with van der Waals surface area (Å²) in [6.45, 7) is 5.71. The minimum Gasteiger partial charge on any atom is -0.480 e. The number of hydrogen-bond acceptors (Lipinski definition) is 4. The molecule has 2 fully saturated rings. The minimum atomic E-state index is -0.709. The molecule has 2 saturated heterocycles. The Balaban J connectivity index is 1.84. The molecular weight excluding hydrogens is 220 g/mol. The number of ether oxygens (including phenoxy) is 1. The third-order valence-electron chi connectivity index (χ3n) is 3.66. The molecule has 5 heteroatoms. The Bertz CT molecular complexity index is 254. The van der Waals surface area contributed by atoms with Crippen LogP contribution >= 0.6 is 0 Å². The van der Waals surface area contributed by atoms with Crippen LogP contribution in [-0.2, 0) is 9.53 Å². The van der Waals surface area contributed by atoms with Gasteiger partial charge in [0.25, 0.3) is 0 Å². The lowest BCUT2D eigenvalue weighted by Gasteiger charge is -2.38. The highest BCUT2D eigenvalue weighted by molar-refractivity contribution is 5.69. The topological polar surface area (TPSA) is 53.0 Å². The Morgan fingerprint density at radius 2 is 2.00 bits per heavy atom. The van der Waals surface area contributed by atoms with Gasteiger partial charge in [-0.15, -0.1) is 0 Å². The van der Waals surface area contributed by atoms with Gasteiger partial charge in [0.1, 0.15) is 0 Å². The molecule has 0 aromatic rings. The molecule has 1 unspecified atom stereocenters. The Hall–Kier alpha value is -0.650. The smallest absolute Gasteiger partial charge is 0.317 e. The van der Waals surface area contributed by atoms with Crippen molar-refractivity contribution in [1.82, 2.24) is 9.80 Å². The van der Waals surface area contributed by atoms with Gasteiger partial charge in [0, 0.05) is 25.7 Å². The molecule has 98 valence electrons. The van der Waals surface area contributed by atoms with Crippen LogP contribution in [0, 0.1) is 0 Å². The van der Waals surface area contributed by atoms with Gasteiger partial charge in [-0.25, -0.2) is 0 Å². The maximum absolute atomic E-state index is 10.8. The fourth-order valence-electron chi connectivity index (χ4n) is 2.73. The summed E-state index contributed by atoms with van der Waals surface area (Å²) in [5, 5.41) is 8.91. The summed E-state index contributed by atoms with van der Waals surface area (Å²) < 4.78 is 5.33. The highest BCUT2D eigenvalue weighted by atomic mass is 16.5. The van der Waals surface area contributed by atoms with E-state index < -0.39 is 5.97 Å². The third-order valence-corrected chi connectivity index (χ3v) is 3.66. The van der Waals surface area contributed by atoms with E-state index in [1.54, 1.807) is 0 Å². The number of carboxylic acid groups (broad SMARTS) is 1. The van der Waals surface area contributed by atoms with Gasteiger partial charge in [0.05, 0.1) is 19.8 Å². The van der Waals surface area contributed by atoms with Crippen molar-refractivity contribution in [2.45, 2.75) is 25.3 Å². The van der Waals surface area contributed by atoms with Crippen LogP contribution in [0.25, 0.3) is 0 Å². The van der Waals surface area contributed by atoms with Crippen molar-refractivity contribution >= 4 is 5.97 Å². The highest BCUT2D eigenvalue weighted by Crippen LogP contribution is 2.18. The molecule has 1 N–H and O–H groups in total. The lowest BCUT2D eigenvalue weighted by Crippen LogP contribution is -2.50. The van der Waals surface area contributed by atoms with E-state index in [2.05, 4.69) is 9.80 Å². The SMILES string of the molecule is O=C(O)CN1CCCCC1CN1CCOCC1. The Kier molecular flexibility index (Phi) is 4.76. The van der Waals surface area contributed by atoms with Crippen LogP contribution in [0.4, 0.5) is 0 Å². The fourth-order valence-corrected chi connectivity index (χ4v) is 2.73. The van der Waals surface area contributed by atoms with Crippen molar-refractivity contribution in [1.29, 1.82) is 0 Å². The van der Waals surface area contributed by atoms with E-state index in [0.717, 1.165) is 52.2 Å². The molecule has 0 aromatic heterocycles. The molecule has 0 spiro atoms. The molecule has 0 bridgehead atoms. The van der Waals surface area contributed by atoms with Gasteiger partial charge in [-0.05, 0) is 19.4 Å². The molecule has 0 aliphatic carbocycles. The van der Waals surface area contributed by atoms with Crippen molar-refractivity contribution < 1.29 is 14.6 Å². The number of aliphatic carboxylic acids is 1. The summed E-state index contributed by atoms with van der Waals surface area (Å²) in [6.07, 6.45) is 3.49. The van der Waals surface area contributed by atoms with Gasteiger partial charge in [0.2, 0.25) is 0 Å². The Labute approximate surface area is 102 Å². The number of carboxylic acids is 1. The molecule has 2 aliphatic rings. The first-order valence-corrected chi connectivity index (χ1v) is 6.51. The van der Waals surface area contributed by atoms with Gasteiger partial charge in [-0.2, -0.15) is 0 Å².